The fourth-order valence-corrected chi connectivity index (χ4v) is 2.33. The molecular formula is C19H25IN4O4. The first-order valence-electron chi connectivity index (χ1n) is 8.50. The van der Waals surface area contributed by atoms with E-state index in [-0.39, 0.29) is 35.8 Å². The summed E-state index contributed by atoms with van der Waals surface area (Å²) in [6.07, 6.45) is -0.0879. The van der Waals surface area contributed by atoms with Gasteiger partial charge in [-0.15, -0.1) is 24.0 Å². The Morgan fingerprint density at radius 2 is 1.86 bits per heavy atom. The Labute approximate surface area is 181 Å². The summed E-state index contributed by atoms with van der Waals surface area (Å²) >= 11 is 0. The van der Waals surface area contributed by atoms with Crippen molar-refractivity contribution in [1.29, 1.82) is 0 Å². The molecule has 0 bridgehead atoms. The number of rotatable bonds is 8. The minimum absolute atomic E-state index is 0. The van der Waals surface area contributed by atoms with Crippen LogP contribution in [0.1, 0.15) is 12.5 Å². The number of non-ortho nitro benzene ring substituents is 1. The first kappa shape index (κ1) is 23.5. The number of nitrogens with zero attached hydrogens (tertiary/aromatic N) is 2. The minimum atomic E-state index is -0.415. The molecule has 0 fully saturated rings. The monoisotopic (exact) mass is 500 g/mol. The Kier molecular flexibility index (Phi) is 10.1. The van der Waals surface area contributed by atoms with Gasteiger partial charge >= 0.3 is 0 Å². The molecule has 9 heteroatoms. The predicted octanol–water partition coefficient (Wildman–Crippen LogP) is 3.35. The normalized spacial score (nSPS) is 11.8. The molecule has 0 heterocycles. The minimum Gasteiger partial charge on any atom is -0.497 e. The van der Waals surface area contributed by atoms with Crippen molar-refractivity contribution in [3.05, 3.63) is 64.2 Å². The number of nitro benzene ring substituents is 1. The Morgan fingerprint density at radius 1 is 1.18 bits per heavy atom. The predicted molar refractivity (Wildman–Crippen MR) is 120 cm³/mol. The van der Waals surface area contributed by atoms with E-state index in [9.17, 15) is 10.1 Å². The van der Waals surface area contributed by atoms with Crippen molar-refractivity contribution >= 4 is 35.6 Å². The fourth-order valence-electron chi connectivity index (χ4n) is 2.33. The molecule has 1 atom stereocenters. The fraction of sp³-hybridized carbons (Fsp3) is 0.316. The lowest BCUT2D eigenvalue weighted by molar-refractivity contribution is -0.384. The van der Waals surface area contributed by atoms with E-state index in [0.29, 0.717) is 19.0 Å². The van der Waals surface area contributed by atoms with Gasteiger partial charge in [-0.05, 0) is 24.6 Å². The summed E-state index contributed by atoms with van der Waals surface area (Å²) in [5.74, 6) is 2.10. The molecule has 2 N–H and O–H groups in total. The lowest BCUT2D eigenvalue weighted by atomic mass is 10.2. The molecule has 0 radical (unpaired) electrons. The third kappa shape index (κ3) is 7.59. The van der Waals surface area contributed by atoms with Gasteiger partial charge in [-0.25, -0.2) is 0 Å². The Bertz CT molecular complexity index is 784. The molecule has 0 aliphatic heterocycles. The molecule has 0 amide bonds. The lowest BCUT2D eigenvalue weighted by Crippen LogP contribution is -2.41. The second kappa shape index (κ2) is 12.0. The number of nitrogens with one attached hydrogen (secondary N) is 2. The molecule has 0 saturated carbocycles. The van der Waals surface area contributed by atoms with Crippen LogP contribution in [-0.2, 0) is 6.54 Å². The van der Waals surface area contributed by atoms with Gasteiger partial charge in [0, 0.05) is 31.8 Å². The molecule has 28 heavy (non-hydrogen) atoms. The van der Waals surface area contributed by atoms with Crippen molar-refractivity contribution in [2.75, 3.05) is 20.7 Å². The van der Waals surface area contributed by atoms with Crippen LogP contribution in [0.15, 0.2) is 53.5 Å². The maximum atomic E-state index is 10.7. The van der Waals surface area contributed by atoms with Crippen molar-refractivity contribution in [3.8, 4) is 11.5 Å². The third-order valence-corrected chi connectivity index (χ3v) is 3.77. The van der Waals surface area contributed by atoms with E-state index in [1.54, 1.807) is 26.3 Å². The number of aliphatic imine (C=N–C) groups is 1. The highest BCUT2D eigenvalue weighted by molar-refractivity contribution is 14.0. The van der Waals surface area contributed by atoms with E-state index >= 15 is 0 Å². The van der Waals surface area contributed by atoms with Crippen molar-refractivity contribution < 1.29 is 14.4 Å². The molecule has 0 aliphatic rings. The van der Waals surface area contributed by atoms with Crippen LogP contribution in [0.25, 0.3) is 0 Å². The standard InChI is InChI=1S/C19H24N4O4.HI/c1-14(27-18-6-4-5-17(11-18)26-3)12-21-19(20-2)22-13-15-7-9-16(10-8-15)23(24)25;/h4-11,14H,12-13H2,1-3H3,(H2,20,21,22);1H. The number of ether oxygens (including phenoxy) is 2. The number of methoxy groups -OCH3 is 1. The van der Waals surface area contributed by atoms with Crippen LogP contribution in [0.3, 0.4) is 0 Å². The summed E-state index contributed by atoms with van der Waals surface area (Å²) in [6, 6.07) is 13.8. The van der Waals surface area contributed by atoms with E-state index < -0.39 is 4.92 Å². The highest BCUT2D eigenvalue weighted by Crippen LogP contribution is 2.19. The Morgan fingerprint density at radius 3 is 2.46 bits per heavy atom. The van der Waals surface area contributed by atoms with E-state index in [1.807, 2.05) is 31.2 Å². The van der Waals surface area contributed by atoms with Crippen LogP contribution in [0, 0.1) is 10.1 Å². The van der Waals surface area contributed by atoms with Crippen molar-refractivity contribution in [1.82, 2.24) is 10.6 Å². The summed E-state index contributed by atoms with van der Waals surface area (Å²) in [6.45, 7) is 3.01. The summed E-state index contributed by atoms with van der Waals surface area (Å²) < 4.78 is 11.0. The zero-order valence-corrected chi connectivity index (χ0v) is 18.4. The van der Waals surface area contributed by atoms with E-state index in [1.165, 1.54) is 12.1 Å². The maximum absolute atomic E-state index is 10.7. The molecule has 0 aliphatic carbocycles. The third-order valence-electron chi connectivity index (χ3n) is 3.77. The van der Waals surface area contributed by atoms with Crippen molar-refractivity contribution in [2.24, 2.45) is 4.99 Å². The van der Waals surface area contributed by atoms with Crippen LogP contribution < -0.4 is 20.1 Å². The zero-order valence-electron chi connectivity index (χ0n) is 16.0. The van der Waals surface area contributed by atoms with Gasteiger partial charge in [0.15, 0.2) is 5.96 Å². The largest absolute Gasteiger partial charge is 0.497 e. The van der Waals surface area contributed by atoms with Gasteiger partial charge in [0.25, 0.3) is 5.69 Å². The molecule has 0 saturated heterocycles. The number of hydrogen-bond donors (Lipinski definition) is 2. The smallest absolute Gasteiger partial charge is 0.269 e. The van der Waals surface area contributed by atoms with Crippen LogP contribution in [0.5, 0.6) is 11.5 Å². The average molecular weight is 500 g/mol. The first-order chi connectivity index (χ1) is 13.0. The number of benzene rings is 2. The molecule has 0 spiro atoms. The van der Waals surface area contributed by atoms with Crippen molar-refractivity contribution in [3.63, 3.8) is 0 Å². The number of nitro groups is 1. The van der Waals surface area contributed by atoms with Crippen LogP contribution in [-0.4, -0.2) is 37.7 Å². The first-order valence-corrected chi connectivity index (χ1v) is 8.50. The quantitative estimate of drug-likeness (QED) is 0.190. The Hall–Kier alpha value is -2.56. The van der Waals surface area contributed by atoms with Gasteiger partial charge < -0.3 is 20.1 Å². The molecular weight excluding hydrogens is 475 g/mol. The molecule has 2 aromatic rings. The number of guanidine groups is 1. The average Bonchev–Trinajstić information content (AvgIpc) is 2.68. The molecule has 1 unspecified atom stereocenters. The van der Waals surface area contributed by atoms with Gasteiger partial charge in [-0.3, -0.25) is 15.1 Å². The topological polar surface area (TPSA) is 98.0 Å². The second-order valence-electron chi connectivity index (χ2n) is 5.84. The van der Waals surface area contributed by atoms with Crippen molar-refractivity contribution in [2.45, 2.75) is 19.6 Å². The highest BCUT2D eigenvalue weighted by Gasteiger charge is 2.08. The lowest BCUT2D eigenvalue weighted by Gasteiger charge is -2.18. The summed E-state index contributed by atoms with van der Waals surface area (Å²) in [5, 5.41) is 17.0. The highest BCUT2D eigenvalue weighted by atomic mass is 127. The van der Waals surface area contributed by atoms with Crippen LogP contribution in [0.2, 0.25) is 0 Å². The van der Waals surface area contributed by atoms with Gasteiger partial charge in [-0.2, -0.15) is 0 Å². The van der Waals surface area contributed by atoms with Crippen LogP contribution in [0.4, 0.5) is 5.69 Å². The molecule has 2 aromatic carbocycles. The van der Waals surface area contributed by atoms with Gasteiger partial charge in [-0.1, -0.05) is 18.2 Å². The SMILES string of the molecule is CN=C(NCc1ccc([N+](=O)[O-])cc1)NCC(C)Oc1cccc(OC)c1.I. The summed E-state index contributed by atoms with van der Waals surface area (Å²) in [4.78, 5) is 14.4. The maximum Gasteiger partial charge on any atom is 0.269 e. The molecule has 0 aromatic heterocycles. The van der Waals surface area contributed by atoms with Gasteiger partial charge in [0.1, 0.15) is 17.6 Å². The second-order valence-corrected chi connectivity index (χ2v) is 5.84. The molecule has 2 rings (SSSR count). The van der Waals surface area contributed by atoms with E-state index in [2.05, 4.69) is 15.6 Å². The zero-order chi connectivity index (χ0) is 19.6. The summed E-state index contributed by atoms with van der Waals surface area (Å²) in [7, 11) is 3.30. The van der Waals surface area contributed by atoms with Gasteiger partial charge in [0.2, 0.25) is 0 Å². The molecule has 8 nitrogen and oxygen atoms in total. The molecule has 152 valence electrons. The summed E-state index contributed by atoms with van der Waals surface area (Å²) in [5.41, 5.74) is 0.994. The van der Waals surface area contributed by atoms with Gasteiger partial charge in [0.05, 0.1) is 18.6 Å². The number of hydrogen-bond acceptors (Lipinski definition) is 5. The Balaban J connectivity index is 0.00000392. The van der Waals surface area contributed by atoms with Crippen LogP contribution >= 0.6 is 24.0 Å². The van der Waals surface area contributed by atoms with E-state index in [4.69, 9.17) is 9.47 Å². The van der Waals surface area contributed by atoms with E-state index in [0.717, 1.165) is 17.1 Å². The number of halogens is 1.